The van der Waals surface area contributed by atoms with E-state index in [-0.39, 0.29) is 6.10 Å². The third kappa shape index (κ3) is 3.66. The molecule has 0 aliphatic rings. The monoisotopic (exact) mass is 286 g/mol. The molecule has 0 bridgehead atoms. The quantitative estimate of drug-likeness (QED) is 0.904. The van der Waals surface area contributed by atoms with Crippen molar-refractivity contribution in [2.24, 2.45) is 5.73 Å². The summed E-state index contributed by atoms with van der Waals surface area (Å²) in [6.45, 7) is 5.97. The molecule has 110 valence electrons. The average molecular weight is 286 g/mol. The fourth-order valence-electron chi connectivity index (χ4n) is 1.66. The summed E-state index contributed by atoms with van der Waals surface area (Å²) in [5.41, 5.74) is 6.67. The molecule has 1 aromatic carbocycles. The number of nitrogens with two attached hydrogens (primary N) is 1. The lowest BCUT2D eigenvalue weighted by Crippen LogP contribution is -2.40. The molecule has 0 amide bonds. The molecule has 1 atom stereocenters. The summed E-state index contributed by atoms with van der Waals surface area (Å²) in [7, 11) is 0. The van der Waals surface area contributed by atoms with Gasteiger partial charge in [-0.25, -0.2) is 0 Å². The second-order valence-corrected chi connectivity index (χ2v) is 5.39. The van der Waals surface area contributed by atoms with Gasteiger partial charge in [-0.05, 0) is 45.0 Å². The number of hydrogen-bond donors (Lipinski definition) is 1. The van der Waals surface area contributed by atoms with Crippen LogP contribution in [0.3, 0.4) is 0 Å². The predicted octanol–water partition coefficient (Wildman–Crippen LogP) is 2.21. The van der Waals surface area contributed by atoms with Crippen LogP contribution in [0.4, 0.5) is 0 Å². The zero-order valence-electron chi connectivity index (χ0n) is 12.3. The predicted molar refractivity (Wildman–Crippen MR) is 77.1 cm³/mol. The van der Waals surface area contributed by atoms with Gasteiger partial charge in [0.15, 0.2) is 5.82 Å². The number of nitrogens with zero attached hydrogens (tertiary/aromatic N) is 3. The lowest BCUT2D eigenvalue weighted by Gasteiger charge is -2.21. The molecule has 0 spiro atoms. The topological polar surface area (TPSA) is 98.0 Å². The number of rotatable bonds is 5. The van der Waals surface area contributed by atoms with Crippen LogP contribution in [-0.2, 0) is 10.3 Å². The molecule has 0 saturated heterocycles. The van der Waals surface area contributed by atoms with E-state index in [2.05, 4.69) is 16.2 Å². The first-order chi connectivity index (χ1) is 9.92. The molecule has 0 aliphatic heterocycles. The van der Waals surface area contributed by atoms with Gasteiger partial charge in [0.25, 0.3) is 5.89 Å². The fourth-order valence-corrected chi connectivity index (χ4v) is 1.66. The fraction of sp³-hybridized carbons (Fsp3) is 0.400. The average Bonchev–Trinajstić information content (AvgIpc) is 2.96. The first-order valence-corrected chi connectivity index (χ1v) is 6.67. The van der Waals surface area contributed by atoms with E-state index >= 15 is 0 Å². The van der Waals surface area contributed by atoms with Crippen molar-refractivity contribution < 1.29 is 9.26 Å². The Labute approximate surface area is 123 Å². The number of aromatic nitrogens is 2. The Hall–Kier alpha value is -2.23. The maximum Gasteiger partial charge on any atom is 0.257 e. The molecular formula is C15H18N4O2. The Kier molecular flexibility index (Phi) is 4.36. The standard InChI is InChI=1S/C15H18N4O2/c1-10(2)20-9-15(3,17)14-18-13(21-19-14)12-6-4-11(8-16)5-7-12/h4-7,10H,9,17H2,1-3H3. The van der Waals surface area contributed by atoms with E-state index in [1.807, 2.05) is 13.8 Å². The molecule has 1 aromatic heterocycles. The molecular weight excluding hydrogens is 268 g/mol. The zero-order valence-corrected chi connectivity index (χ0v) is 12.3. The van der Waals surface area contributed by atoms with E-state index in [0.29, 0.717) is 23.9 Å². The summed E-state index contributed by atoms with van der Waals surface area (Å²) in [5.74, 6) is 0.762. The minimum Gasteiger partial charge on any atom is -0.376 e. The van der Waals surface area contributed by atoms with Crippen LogP contribution < -0.4 is 5.73 Å². The molecule has 6 heteroatoms. The molecule has 2 aromatic rings. The minimum absolute atomic E-state index is 0.0813. The van der Waals surface area contributed by atoms with Gasteiger partial charge in [0.1, 0.15) is 5.54 Å². The summed E-state index contributed by atoms with van der Waals surface area (Å²) in [6.07, 6.45) is 0.0813. The molecule has 0 saturated carbocycles. The van der Waals surface area contributed by atoms with Crippen molar-refractivity contribution in [3.63, 3.8) is 0 Å². The normalized spacial score (nSPS) is 13.9. The maximum absolute atomic E-state index is 8.78. The molecule has 2 N–H and O–H groups in total. The second-order valence-electron chi connectivity index (χ2n) is 5.39. The SMILES string of the molecule is CC(C)OCC(C)(N)c1noc(-c2ccc(C#N)cc2)n1. The van der Waals surface area contributed by atoms with E-state index in [1.54, 1.807) is 31.2 Å². The summed E-state index contributed by atoms with van der Waals surface area (Å²) in [6, 6.07) is 8.97. The van der Waals surface area contributed by atoms with Crippen LogP contribution in [0.1, 0.15) is 32.2 Å². The number of nitriles is 1. The van der Waals surface area contributed by atoms with Crippen LogP contribution in [0, 0.1) is 11.3 Å². The minimum atomic E-state index is -0.821. The third-order valence-electron chi connectivity index (χ3n) is 2.91. The van der Waals surface area contributed by atoms with E-state index in [1.165, 1.54) is 0 Å². The Bertz CT molecular complexity index is 638. The van der Waals surface area contributed by atoms with Gasteiger partial charge in [-0.15, -0.1) is 0 Å². The van der Waals surface area contributed by atoms with Crippen LogP contribution in [0.5, 0.6) is 0 Å². The highest BCUT2D eigenvalue weighted by molar-refractivity contribution is 5.54. The van der Waals surface area contributed by atoms with Gasteiger partial charge < -0.3 is 15.0 Å². The number of hydrogen-bond acceptors (Lipinski definition) is 6. The highest BCUT2D eigenvalue weighted by atomic mass is 16.5. The maximum atomic E-state index is 8.78. The van der Waals surface area contributed by atoms with Crippen molar-refractivity contribution >= 4 is 0 Å². The third-order valence-corrected chi connectivity index (χ3v) is 2.91. The van der Waals surface area contributed by atoms with Gasteiger partial charge in [0, 0.05) is 5.56 Å². The summed E-state index contributed by atoms with van der Waals surface area (Å²) in [4.78, 5) is 4.32. The highest BCUT2D eigenvalue weighted by Gasteiger charge is 2.28. The molecule has 1 unspecified atom stereocenters. The van der Waals surface area contributed by atoms with Crippen molar-refractivity contribution in [1.29, 1.82) is 5.26 Å². The largest absolute Gasteiger partial charge is 0.376 e. The number of benzene rings is 1. The molecule has 6 nitrogen and oxygen atoms in total. The lowest BCUT2D eigenvalue weighted by atomic mass is 10.1. The Morgan fingerprint density at radius 1 is 1.38 bits per heavy atom. The molecule has 0 fully saturated rings. The van der Waals surface area contributed by atoms with Crippen LogP contribution in [0.2, 0.25) is 0 Å². The first-order valence-electron chi connectivity index (χ1n) is 6.67. The van der Waals surface area contributed by atoms with Crippen LogP contribution >= 0.6 is 0 Å². The smallest absolute Gasteiger partial charge is 0.257 e. The van der Waals surface area contributed by atoms with Crippen molar-refractivity contribution in [3.05, 3.63) is 35.7 Å². The van der Waals surface area contributed by atoms with Crippen molar-refractivity contribution in [2.45, 2.75) is 32.4 Å². The molecule has 1 heterocycles. The molecule has 2 rings (SSSR count). The first kappa shape index (κ1) is 15.2. The van der Waals surface area contributed by atoms with Gasteiger partial charge >= 0.3 is 0 Å². The molecule has 0 aliphatic carbocycles. The Morgan fingerprint density at radius 2 is 2.05 bits per heavy atom. The summed E-state index contributed by atoms with van der Waals surface area (Å²) in [5, 5.41) is 12.7. The summed E-state index contributed by atoms with van der Waals surface area (Å²) >= 11 is 0. The molecule has 0 radical (unpaired) electrons. The van der Waals surface area contributed by atoms with Gasteiger partial charge in [-0.3, -0.25) is 0 Å². The van der Waals surface area contributed by atoms with Gasteiger partial charge in [0.05, 0.1) is 24.3 Å². The van der Waals surface area contributed by atoms with Crippen LogP contribution in [0.25, 0.3) is 11.5 Å². The van der Waals surface area contributed by atoms with Crippen LogP contribution in [0.15, 0.2) is 28.8 Å². The van der Waals surface area contributed by atoms with Crippen LogP contribution in [-0.4, -0.2) is 22.9 Å². The van der Waals surface area contributed by atoms with E-state index in [4.69, 9.17) is 20.3 Å². The highest BCUT2D eigenvalue weighted by Crippen LogP contribution is 2.22. The van der Waals surface area contributed by atoms with Crippen molar-refractivity contribution in [2.75, 3.05) is 6.61 Å². The van der Waals surface area contributed by atoms with Gasteiger partial charge in [0.2, 0.25) is 0 Å². The van der Waals surface area contributed by atoms with Gasteiger partial charge in [-0.2, -0.15) is 10.2 Å². The zero-order chi connectivity index (χ0) is 15.5. The Balaban J connectivity index is 2.18. The van der Waals surface area contributed by atoms with E-state index < -0.39 is 5.54 Å². The Morgan fingerprint density at radius 3 is 2.62 bits per heavy atom. The van der Waals surface area contributed by atoms with Crippen molar-refractivity contribution in [1.82, 2.24) is 10.1 Å². The van der Waals surface area contributed by atoms with Crippen molar-refractivity contribution in [3.8, 4) is 17.5 Å². The lowest BCUT2D eigenvalue weighted by molar-refractivity contribution is 0.0410. The second kappa shape index (κ2) is 6.04. The van der Waals surface area contributed by atoms with E-state index in [0.717, 1.165) is 5.56 Å². The molecule has 21 heavy (non-hydrogen) atoms. The van der Waals surface area contributed by atoms with Gasteiger partial charge in [-0.1, -0.05) is 5.16 Å². The van der Waals surface area contributed by atoms with E-state index in [9.17, 15) is 0 Å². The number of ether oxygens (including phenoxy) is 1. The summed E-state index contributed by atoms with van der Waals surface area (Å²) < 4.78 is 10.8.